The van der Waals surface area contributed by atoms with Crippen molar-refractivity contribution in [1.29, 1.82) is 0 Å². The van der Waals surface area contributed by atoms with Crippen LogP contribution in [0.4, 0.5) is 0 Å². The van der Waals surface area contributed by atoms with Crippen LogP contribution >= 0.6 is 15.9 Å². The topological polar surface area (TPSA) is 86.7 Å². The molecule has 6 nitrogen and oxygen atoms in total. The number of nitrogens with one attached hydrogen (secondary N) is 1. The number of hydrogen-bond acceptors (Lipinski definition) is 3. The number of aliphatic carboxylic acids is 1. The molecule has 2 rings (SSSR count). The fraction of sp³-hybridized carbons (Fsp3) is 0.438. The summed E-state index contributed by atoms with van der Waals surface area (Å²) >= 11 is 3.34. The van der Waals surface area contributed by atoms with Gasteiger partial charge >= 0.3 is 5.97 Å². The highest BCUT2D eigenvalue weighted by Crippen LogP contribution is 2.23. The maximum atomic E-state index is 12.4. The number of likely N-dealkylation sites (tertiary alicyclic amines) is 1. The zero-order chi connectivity index (χ0) is 17.0. The van der Waals surface area contributed by atoms with Crippen molar-refractivity contribution < 1.29 is 19.5 Å². The summed E-state index contributed by atoms with van der Waals surface area (Å²) in [5, 5.41) is 11.9. The molecule has 0 aromatic heterocycles. The van der Waals surface area contributed by atoms with Crippen molar-refractivity contribution >= 4 is 33.7 Å². The Morgan fingerprint density at radius 3 is 2.83 bits per heavy atom. The van der Waals surface area contributed by atoms with E-state index in [-0.39, 0.29) is 24.7 Å². The van der Waals surface area contributed by atoms with Crippen molar-refractivity contribution in [3.63, 3.8) is 0 Å². The molecule has 0 spiro atoms. The molecule has 1 aliphatic rings. The van der Waals surface area contributed by atoms with Gasteiger partial charge in [0.2, 0.25) is 11.8 Å². The van der Waals surface area contributed by atoms with Crippen LogP contribution in [0.2, 0.25) is 0 Å². The number of piperidine rings is 1. The second kappa shape index (κ2) is 7.59. The van der Waals surface area contributed by atoms with Crippen LogP contribution in [0.3, 0.4) is 0 Å². The number of carboxylic acid groups (broad SMARTS) is 1. The predicted molar refractivity (Wildman–Crippen MR) is 87.6 cm³/mol. The third kappa shape index (κ3) is 4.79. The average molecular weight is 383 g/mol. The highest BCUT2D eigenvalue weighted by molar-refractivity contribution is 9.10. The summed E-state index contributed by atoms with van der Waals surface area (Å²) in [4.78, 5) is 36.8. The molecule has 0 radical (unpaired) electrons. The number of benzene rings is 1. The molecule has 23 heavy (non-hydrogen) atoms. The van der Waals surface area contributed by atoms with Gasteiger partial charge in [0.05, 0.1) is 12.5 Å². The lowest BCUT2D eigenvalue weighted by Crippen LogP contribution is -2.43. The van der Waals surface area contributed by atoms with E-state index in [4.69, 9.17) is 5.11 Å². The number of nitrogens with zero attached hydrogens (tertiary/aromatic N) is 1. The summed E-state index contributed by atoms with van der Waals surface area (Å²) in [7, 11) is 1.71. The van der Waals surface area contributed by atoms with E-state index in [1.807, 2.05) is 6.07 Å². The van der Waals surface area contributed by atoms with Gasteiger partial charge < -0.3 is 15.3 Å². The fourth-order valence-electron chi connectivity index (χ4n) is 2.61. The monoisotopic (exact) mass is 382 g/mol. The molecule has 2 atom stereocenters. The lowest BCUT2D eigenvalue weighted by atomic mass is 9.94. The Kier molecular flexibility index (Phi) is 5.76. The number of carbonyl (C=O) groups excluding carboxylic acids is 2. The quantitative estimate of drug-likeness (QED) is 0.814. The van der Waals surface area contributed by atoms with Crippen LogP contribution in [0.5, 0.6) is 0 Å². The molecule has 0 bridgehead atoms. The molecule has 0 saturated carbocycles. The Morgan fingerprint density at radius 1 is 1.48 bits per heavy atom. The van der Waals surface area contributed by atoms with Gasteiger partial charge in [-0.05, 0) is 24.1 Å². The molecule has 2 amide bonds. The first-order valence-electron chi connectivity index (χ1n) is 7.38. The predicted octanol–water partition coefficient (Wildman–Crippen LogP) is 1.95. The van der Waals surface area contributed by atoms with Gasteiger partial charge in [0.15, 0.2) is 0 Å². The van der Waals surface area contributed by atoms with Gasteiger partial charge in [-0.1, -0.05) is 28.1 Å². The molecule has 7 heteroatoms. The van der Waals surface area contributed by atoms with E-state index < -0.39 is 17.9 Å². The number of hydrogen-bond donors (Lipinski definition) is 2. The summed E-state index contributed by atoms with van der Waals surface area (Å²) in [6.45, 7) is 0.539. The van der Waals surface area contributed by atoms with Crippen molar-refractivity contribution in [2.75, 3.05) is 13.6 Å². The molecule has 1 fully saturated rings. The molecule has 0 unspecified atom stereocenters. The third-order valence-electron chi connectivity index (χ3n) is 3.98. The second-order valence-electron chi connectivity index (χ2n) is 5.72. The van der Waals surface area contributed by atoms with Crippen LogP contribution in [0.1, 0.15) is 30.9 Å². The van der Waals surface area contributed by atoms with Crippen LogP contribution in [0.25, 0.3) is 0 Å². The number of carbonyl (C=O) groups is 3. The van der Waals surface area contributed by atoms with E-state index in [0.29, 0.717) is 13.0 Å². The van der Waals surface area contributed by atoms with E-state index in [0.717, 1.165) is 10.0 Å². The zero-order valence-corrected chi connectivity index (χ0v) is 14.4. The Balaban J connectivity index is 2.10. The molecule has 1 aromatic carbocycles. The van der Waals surface area contributed by atoms with Crippen LogP contribution in [-0.4, -0.2) is 41.4 Å². The van der Waals surface area contributed by atoms with E-state index in [1.54, 1.807) is 30.1 Å². The minimum atomic E-state index is -0.991. The first-order chi connectivity index (χ1) is 10.9. The molecular weight excluding hydrogens is 364 g/mol. The van der Waals surface area contributed by atoms with Gasteiger partial charge in [0.25, 0.3) is 0 Å². The number of carboxylic acids is 1. The Bertz CT molecular complexity index is 620. The minimum absolute atomic E-state index is 0.0614. The average Bonchev–Trinajstić information content (AvgIpc) is 2.48. The Labute approximate surface area is 143 Å². The smallest absolute Gasteiger partial charge is 0.305 e. The maximum Gasteiger partial charge on any atom is 0.305 e. The van der Waals surface area contributed by atoms with E-state index in [1.165, 1.54) is 0 Å². The normalized spacial score (nSPS) is 19.3. The zero-order valence-electron chi connectivity index (χ0n) is 12.8. The van der Waals surface area contributed by atoms with Crippen molar-refractivity contribution in [2.24, 2.45) is 5.92 Å². The molecule has 2 N–H and O–H groups in total. The SMILES string of the molecule is CN1CC[C@H](C(=O)N[C@H](CC(=O)O)c2cccc(Br)c2)CC1=O. The van der Waals surface area contributed by atoms with Crippen molar-refractivity contribution in [3.05, 3.63) is 34.3 Å². The summed E-state index contributed by atoms with van der Waals surface area (Å²) in [6.07, 6.45) is 0.551. The summed E-state index contributed by atoms with van der Waals surface area (Å²) in [5.74, 6) is -1.72. The summed E-state index contributed by atoms with van der Waals surface area (Å²) in [6, 6.07) is 6.57. The van der Waals surface area contributed by atoms with Gasteiger partial charge in [-0.25, -0.2) is 0 Å². The van der Waals surface area contributed by atoms with Crippen LogP contribution < -0.4 is 5.32 Å². The highest BCUT2D eigenvalue weighted by Gasteiger charge is 2.30. The third-order valence-corrected chi connectivity index (χ3v) is 4.47. The molecule has 1 saturated heterocycles. The minimum Gasteiger partial charge on any atom is -0.481 e. The van der Waals surface area contributed by atoms with Gasteiger partial charge in [-0.2, -0.15) is 0 Å². The van der Waals surface area contributed by atoms with E-state index in [9.17, 15) is 14.4 Å². The van der Waals surface area contributed by atoms with Crippen molar-refractivity contribution in [2.45, 2.75) is 25.3 Å². The van der Waals surface area contributed by atoms with Gasteiger partial charge in [-0.3, -0.25) is 14.4 Å². The second-order valence-corrected chi connectivity index (χ2v) is 6.63. The van der Waals surface area contributed by atoms with Gasteiger partial charge in [0.1, 0.15) is 0 Å². The van der Waals surface area contributed by atoms with Crippen molar-refractivity contribution in [3.8, 4) is 0 Å². The fourth-order valence-corrected chi connectivity index (χ4v) is 3.02. The highest BCUT2D eigenvalue weighted by atomic mass is 79.9. The molecular formula is C16H19BrN2O4. The molecule has 1 aromatic rings. The van der Waals surface area contributed by atoms with Crippen LogP contribution in [0.15, 0.2) is 28.7 Å². The molecule has 0 aliphatic carbocycles. The molecule has 1 aliphatic heterocycles. The van der Waals surface area contributed by atoms with Gasteiger partial charge in [-0.15, -0.1) is 0 Å². The van der Waals surface area contributed by atoms with Crippen LogP contribution in [-0.2, 0) is 14.4 Å². The van der Waals surface area contributed by atoms with E-state index in [2.05, 4.69) is 21.2 Å². The number of halogens is 1. The van der Waals surface area contributed by atoms with E-state index >= 15 is 0 Å². The van der Waals surface area contributed by atoms with Crippen LogP contribution in [0, 0.1) is 5.92 Å². The maximum absolute atomic E-state index is 12.4. The standard InChI is InChI=1S/C16H19BrN2O4/c1-19-6-5-11(8-14(19)20)16(23)18-13(9-15(21)22)10-3-2-4-12(17)7-10/h2-4,7,11,13H,5-6,8-9H2,1H3,(H,18,23)(H,21,22)/t11-,13+/m0/s1. The first kappa shape index (κ1) is 17.5. The van der Waals surface area contributed by atoms with Crippen molar-refractivity contribution in [1.82, 2.24) is 10.2 Å². The first-order valence-corrected chi connectivity index (χ1v) is 8.17. The Morgan fingerprint density at radius 2 is 2.22 bits per heavy atom. The molecule has 124 valence electrons. The lowest BCUT2D eigenvalue weighted by molar-refractivity contribution is -0.140. The lowest BCUT2D eigenvalue weighted by Gasteiger charge is -2.29. The molecule has 1 heterocycles. The largest absolute Gasteiger partial charge is 0.481 e. The number of rotatable bonds is 5. The summed E-state index contributed by atoms with van der Waals surface area (Å²) < 4.78 is 0.814. The van der Waals surface area contributed by atoms with Gasteiger partial charge in [0, 0.05) is 30.4 Å². The number of amides is 2. The Hall–Kier alpha value is -1.89. The summed E-state index contributed by atoms with van der Waals surface area (Å²) in [5.41, 5.74) is 0.717.